The molecule has 1 aromatic carbocycles. The maximum atomic E-state index is 13.7. The highest BCUT2D eigenvalue weighted by Crippen LogP contribution is 2.60. The lowest BCUT2D eigenvalue weighted by molar-refractivity contribution is 0.0696. The van der Waals surface area contributed by atoms with Gasteiger partial charge in [0.1, 0.15) is 5.82 Å². The number of anilines is 1. The molecule has 3 rings (SSSR count). The minimum absolute atomic E-state index is 0.0197. The van der Waals surface area contributed by atoms with Crippen LogP contribution in [0.15, 0.2) is 18.2 Å². The van der Waals surface area contributed by atoms with Crippen LogP contribution in [0, 0.1) is 17.2 Å². The minimum Gasteiger partial charge on any atom is -0.478 e. The summed E-state index contributed by atoms with van der Waals surface area (Å²) in [5, 5.41) is 14.0. The van der Waals surface area contributed by atoms with Gasteiger partial charge in [-0.1, -0.05) is 0 Å². The highest BCUT2D eigenvalue weighted by atomic mass is 19.1. The first-order chi connectivity index (χ1) is 10.00. The molecule has 0 aromatic heterocycles. The van der Waals surface area contributed by atoms with Crippen molar-refractivity contribution in [2.75, 3.05) is 11.9 Å². The second-order valence-corrected chi connectivity index (χ2v) is 5.94. The van der Waals surface area contributed by atoms with Crippen molar-refractivity contribution in [3.8, 4) is 0 Å². The fourth-order valence-corrected chi connectivity index (χ4v) is 2.76. The maximum Gasteiger partial charge on any atom is 0.335 e. The summed E-state index contributed by atoms with van der Waals surface area (Å²) in [5.41, 5.74) is 0.112. The molecule has 5 nitrogen and oxygen atoms in total. The third kappa shape index (κ3) is 2.99. The minimum atomic E-state index is -1.20. The fraction of sp³-hybridized carbons (Fsp3) is 0.467. The molecule has 0 heterocycles. The number of benzene rings is 1. The third-order valence-corrected chi connectivity index (χ3v) is 4.40. The third-order valence-electron chi connectivity index (χ3n) is 4.40. The number of urea groups is 1. The van der Waals surface area contributed by atoms with Gasteiger partial charge in [0.05, 0.1) is 11.3 Å². The average Bonchev–Trinajstić information content (AvgIpc) is 3.31. The Hall–Kier alpha value is -2.11. The predicted octanol–water partition coefficient (Wildman–Crippen LogP) is 2.84. The lowest BCUT2D eigenvalue weighted by atomic mass is 10.0. The van der Waals surface area contributed by atoms with E-state index in [1.54, 1.807) is 0 Å². The zero-order valence-corrected chi connectivity index (χ0v) is 11.5. The average molecular weight is 292 g/mol. The lowest BCUT2D eigenvalue weighted by Gasteiger charge is -2.15. The molecule has 2 aliphatic rings. The molecular weight excluding hydrogens is 275 g/mol. The van der Waals surface area contributed by atoms with Crippen molar-refractivity contribution < 1.29 is 19.1 Å². The maximum absolute atomic E-state index is 13.7. The Kier molecular flexibility index (Phi) is 3.31. The normalized spacial score (nSPS) is 18.9. The fourth-order valence-electron chi connectivity index (χ4n) is 2.76. The summed E-state index contributed by atoms with van der Waals surface area (Å²) < 4.78 is 13.7. The van der Waals surface area contributed by atoms with Crippen LogP contribution in [0.2, 0.25) is 0 Å². The summed E-state index contributed by atoms with van der Waals surface area (Å²) in [4.78, 5) is 22.5. The van der Waals surface area contributed by atoms with E-state index in [2.05, 4.69) is 10.6 Å². The Balaban J connectivity index is 1.56. The molecule has 0 atom stereocenters. The van der Waals surface area contributed by atoms with Gasteiger partial charge in [0.2, 0.25) is 0 Å². The molecule has 0 saturated heterocycles. The molecule has 0 spiro atoms. The Morgan fingerprint density at radius 3 is 2.57 bits per heavy atom. The summed E-state index contributed by atoms with van der Waals surface area (Å²) >= 11 is 0. The van der Waals surface area contributed by atoms with E-state index < -0.39 is 17.8 Å². The molecule has 0 bridgehead atoms. The first kappa shape index (κ1) is 13.9. The molecule has 0 radical (unpaired) electrons. The van der Waals surface area contributed by atoms with E-state index in [0.717, 1.165) is 24.8 Å². The molecular formula is C15H17FN2O3. The van der Waals surface area contributed by atoms with Crippen LogP contribution in [-0.4, -0.2) is 23.7 Å². The van der Waals surface area contributed by atoms with E-state index >= 15 is 0 Å². The number of aromatic carboxylic acids is 1. The molecule has 2 aliphatic carbocycles. The molecule has 3 N–H and O–H groups in total. The summed E-state index contributed by atoms with van der Waals surface area (Å²) in [7, 11) is 0. The van der Waals surface area contributed by atoms with E-state index in [1.165, 1.54) is 25.0 Å². The summed E-state index contributed by atoms with van der Waals surface area (Å²) in [6.45, 7) is 0.623. The smallest absolute Gasteiger partial charge is 0.335 e. The Bertz CT molecular complexity index is 595. The van der Waals surface area contributed by atoms with Crippen LogP contribution in [0.4, 0.5) is 14.9 Å². The van der Waals surface area contributed by atoms with Crippen LogP contribution in [0.3, 0.4) is 0 Å². The zero-order chi connectivity index (χ0) is 15.0. The largest absolute Gasteiger partial charge is 0.478 e. The van der Waals surface area contributed by atoms with Gasteiger partial charge >= 0.3 is 12.0 Å². The molecule has 2 amide bonds. The SMILES string of the molecule is O=C(NCC1(C2CC2)CC1)Nc1ccc(C(=O)O)cc1F. The van der Waals surface area contributed by atoms with E-state index in [4.69, 9.17) is 5.11 Å². The second-order valence-electron chi connectivity index (χ2n) is 5.94. The van der Waals surface area contributed by atoms with Crippen LogP contribution >= 0.6 is 0 Å². The van der Waals surface area contributed by atoms with Crippen molar-refractivity contribution in [1.82, 2.24) is 5.32 Å². The van der Waals surface area contributed by atoms with Crippen molar-refractivity contribution in [3.05, 3.63) is 29.6 Å². The van der Waals surface area contributed by atoms with E-state index in [9.17, 15) is 14.0 Å². The highest BCUT2D eigenvalue weighted by Gasteiger charge is 2.53. The van der Waals surface area contributed by atoms with Crippen molar-refractivity contribution in [2.24, 2.45) is 11.3 Å². The van der Waals surface area contributed by atoms with E-state index in [0.29, 0.717) is 6.54 Å². The number of nitrogens with one attached hydrogen (secondary N) is 2. The molecule has 21 heavy (non-hydrogen) atoms. The molecule has 1 aromatic rings. The molecule has 2 saturated carbocycles. The zero-order valence-electron chi connectivity index (χ0n) is 11.5. The van der Waals surface area contributed by atoms with Crippen LogP contribution in [-0.2, 0) is 0 Å². The Labute approximate surface area is 121 Å². The van der Waals surface area contributed by atoms with Gasteiger partial charge in [-0.25, -0.2) is 14.0 Å². The Morgan fingerprint density at radius 2 is 2.05 bits per heavy atom. The molecule has 6 heteroatoms. The van der Waals surface area contributed by atoms with Gasteiger partial charge in [0, 0.05) is 6.54 Å². The van der Waals surface area contributed by atoms with Crippen LogP contribution in [0.1, 0.15) is 36.0 Å². The van der Waals surface area contributed by atoms with Crippen LogP contribution < -0.4 is 10.6 Å². The number of halogens is 1. The standard InChI is InChI=1S/C15H17FN2O3/c16-11-7-9(13(19)20)1-4-12(11)18-14(21)17-8-15(5-6-15)10-2-3-10/h1,4,7,10H,2-3,5-6,8H2,(H,19,20)(H2,17,18,21). The number of carboxylic acid groups (broad SMARTS) is 1. The van der Waals surface area contributed by atoms with Crippen LogP contribution in [0.5, 0.6) is 0 Å². The second kappa shape index (κ2) is 5.02. The van der Waals surface area contributed by atoms with Gasteiger partial charge in [-0.15, -0.1) is 0 Å². The first-order valence-corrected chi connectivity index (χ1v) is 7.08. The molecule has 112 valence electrons. The Morgan fingerprint density at radius 1 is 1.33 bits per heavy atom. The van der Waals surface area contributed by atoms with Crippen LogP contribution in [0.25, 0.3) is 0 Å². The topological polar surface area (TPSA) is 78.4 Å². The number of carbonyl (C=O) groups is 2. The van der Waals surface area contributed by atoms with Gasteiger partial charge in [-0.2, -0.15) is 0 Å². The van der Waals surface area contributed by atoms with Gasteiger partial charge in [-0.3, -0.25) is 0 Å². The molecule has 0 unspecified atom stereocenters. The number of carbonyl (C=O) groups excluding carboxylic acids is 1. The number of rotatable bonds is 5. The summed E-state index contributed by atoms with van der Waals surface area (Å²) in [5.74, 6) is -1.22. The monoisotopic (exact) mass is 292 g/mol. The van der Waals surface area contributed by atoms with Crippen molar-refractivity contribution in [1.29, 1.82) is 0 Å². The first-order valence-electron chi connectivity index (χ1n) is 7.08. The molecule has 0 aliphatic heterocycles. The number of hydrogen-bond donors (Lipinski definition) is 3. The van der Waals surface area contributed by atoms with Crippen molar-refractivity contribution in [2.45, 2.75) is 25.7 Å². The van der Waals surface area contributed by atoms with Crippen molar-refractivity contribution >= 4 is 17.7 Å². The lowest BCUT2D eigenvalue weighted by Crippen LogP contribution is -2.34. The summed E-state index contributed by atoms with van der Waals surface area (Å²) in [6, 6.07) is 2.95. The van der Waals surface area contributed by atoms with Crippen molar-refractivity contribution in [3.63, 3.8) is 0 Å². The van der Waals surface area contributed by atoms with Gasteiger partial charge < -0.3 is 15.7 Å². The van der Waals surface area contributed by atoms with Gasteiger partial charge in [-0.05, 0) is 55.2 Å². The van der Waals surface area contributed by atoms with Gasteiger partial charge in [0.15, 0.2) is 0 Å². The number of hydrogen-bond acceptors (Lipinski definition) is 2. The molecule has 2 fully saturated rings. The van der Waals surface area contributed by atoms with E-state index in [1.807, 2.05) is 0 Å². The highest BCUT2D eigenvalue weighted by molar-refractivity contribution is 5.91. The number of amides is 2. The van der Waals surface area contributed by atoms with E-state index in [-0.39, 0.29) is 16.7 Å². The predicted molar refractivity (Wildman–Crippen MR) is 74.8 cm³/mol. The summed E-state index contributed by atoms with van der Waals surface area (Å²) in [6.07, 6.45) is 4.79. The number of carboxylic acids is 1. The van der Waals surface area contributed by atoms with Gasteiger partial charge in [0.25, 0.3) is 0 Å². The quantitative estimate of drug-likeness (QED) is 0.781.